The van der Waals surface area contributed by atoms with Crippen molar-refractivity contribution in [1.29, 1.82) is 0 Å². The maximum Gasteiger partial charge on any atom is 0.348 e. The van der Waals surface area contributed by atoms with Crippen LogP contribution in [0.3, 0.4) is 0 Å². The number of hydrogen-bond donors (Lipinski definition) is 2. The highest BCUT2D eigenvalue weighted by Crippen LogP contribution is 2.28. The number of anilines is 1. The van der Waals surface area contributed by atoms with E-state index >= 15 is 0 Å². The Morgan fingerprint density at radius 1 is 1.29 bits per heavy atom. The number of aliphatic hydroxyl groups excluding tert-OH is 1. The predicted molar refractivity (Wildman–Crippen MR) is 112 cm³/mol. The highest BCUT2D eigenvalue weighted by molar-refractivity contribution is 8.00. The van der Waals surface area contributed by atoms with Crippen molar-refractivity contribution < 1.29 is 9.90 Å². The first kappa shape index (κ1) is 20.6. The zero-order valence-corrected chi connectivity index (χ0v) is 17.3. The highest BCUT2D eigenvalue weighted by atomic mass is 32.2. The first-order chi connectivity index (χ1) is 13.5. The van der Waals surface area contributed by atoms with Gasteiger partial charge in [0.2, 0.25) is 5.91 Å². The Balaban J connectivity index is 1.74. The number of benzene rings is 1. The molecule has 28 heavy (non-hydrogen) atoms. The number of fused-ring (bicyclic) bond motifs is 1. The van der Waals surface area contributed by atoms with Crippen LogP contribution in [0.5, 0.6) is 0 Å². The number of amides is 1. The summed E-state index contributed by atoms with van der Waals surface area (Å²) in [6.07, 6.45) is 4.38. The summed E-state index contributed by atoms with van der Waals surface area (Å²) in [5, 5.41) is 12.7. The fraction of sp³-hybridized carbons (Fsp3) is 0.476. The van der Waals surface area contributed by atoms with E-state index < -0.39 is 0 Å². The summed E-state index contributed by atoms with van der Waals surface area (Å²) in [7, 11) is 0. The SMILES string of the molecule is Cc1ccc(NC(=O)CSc2nc(=O)n(CCCO)c3c2CCCC3)c(C)c1. The van der Waals surface area contributed by atoms with Crippen molar-refractivity contribution in [3.05, 3.63) is 51.1 Å². The minimum atomic E-state index is -0.286. The van der Waals surface area contributed by atoms with Gasteiger partial charge in [0.25, 0.3) is 0 Å². The first-order valence-electron chi connectivity index (χ1n) is 9.73. The van der Waals surface area contributed by atoms with Gasteiger partial charge in [-0.1, -0.05) is 29.5 Å². The molecule has 0 fully saturated rings. The van der Waals surface area contributed by atoms with E-state index in [9.17, 15) is 9.59 Å². The molecule has 1 amide bonds. The molecule has 2 aromatic rings. The number of carbonyl (C=O) groups is 1. The minimum absolute atomic E-state index is 0.0519. The Morgan fingerprint density at radius 2 is 2.07 bits per heavy atom. The van der Waals surface area contributed by atoms with Crippen LogP contribution in [0.2, 0.25) is 0 Å². The summed E-state index contributed by atoms with van der Waals surface area (Å²) in [6, 6.07) is 5.92. The molecule has 7 heteroatoms. The third kappa shape index (κ3) is 4.83. The van der Waals surface area contributed by atoms with Crippen molar-refractivity contribution in [2.24, 2.45) is 0 Å². The molecule has 1 aliphatic rings. The molecule has 150 valence electrons. The van der Waals surface area contributed by atoms with Crippen LogP contribution in [0, 0.1) is 13.8 Å². The molecule has 2 N–H and O–H groups in total. The highest BCUT2D eigenvalue weighted by Gasteiger charge is 2.21. The minimum Gasteiger partial charge on any atom is -0.396 e. The van der Waals surface area contributed by atoms with Gasteiger partial charge < -0.3 is 10.4 Å². The van der Waals surface area contributed by atoms with Gasteiger partial charge in [-0.2, -0.15) is 4.98 Å². The zero-order valence-electron chi connectivity index (χ0n) is 16.5. The fourth-order valence-corrected chi connectivity index (χ4v) is 4.48. The van der Waals surface area contributed by atoms with Crippen LogP contribution in [0.1, 0.15) is 41.6 Å². The lowest BCUT2D eigenvalue weighted by atomic mass is 9.97. The Morgan fingerprint density at radius 3 is 2.82 bits per heavy atom. The van der Waals surface area contributed by atoms with Crippen molar-refractivity contribution >= 4 is 23.4 Å². The van der Waals surface area contributed by atoms with Crippen LogP contribution in [0.25, 0.3) is 0 Å². The molecule has 1 aromatic heterocycles. The standard InChI is InChI=1S/C21H27N3O3S/c1-14-8-9-17(15(2)12-14)22-19(26)13-28-20-16-6-3-4-7-18(16)24(10-5-11-25)21(27)23-20/h8-9,12,25H,3-7,10-11,13H2,1-2H3,(H,22,26). The second-order valence-corrected chi connectivity index (χ2v) is 8.18. The second kappa shape index (κ2) is 9.39. The summed E-state index contributed by atoms with van der Waals surface area (Å²) >= 11 is 1.33. The maximum atomic E-state index is 12.5. The molecule has 0 atom stereocenters. The molecule has 0 radical (unpaired) electrons. The molecule has 6 nitrogen and oxygen atoms in total. The van der Waals surface area contributed by atoms with Gasteiger partial charge in [0.05, 0.1) is 5.75 Å². The second-order valence-electron chi connectivity index (χ2n) is 7.22. The quantitative estimate of drug-likeness (QED) is 0.551. The number of thioether (sulfide) groups is 1. The molecular formula is C21H27N3O3S. The van der Waals surface area contributed by atoms with E-state index in [0.29, 0.717) is 18.0 Å². The van der Waals surface area contributed by atoms with E-state index in [1.165, 1.54) is 11.8 Å². The Kier molecular flexibility index (Phi) is 6.91. The molecule has 3 rings (SSSR count). The molecule has 0 spiro atoms. The van der Waals surface area contributed by atoms with Gasteiger partial charge in [-0.05, 0) is 57.6 Å². The smallest absolute Gasteiger partial charge is 0.348 e. The first-order valence-corrected chi connectivity index (χ1v) is 10.7. The monoisotopic (exact) mass is 401 g/mol. The van der Waals surface area contributed by atoms with Crippen molar-refractivity contribution in [3.63, 3.8) is 0 Å². The van der Waals surface area contributed by atoms with E-state index in [1.807, 2.05) is 32.0 Å². The molecule has 0 bridgehead atoms. The normalized spacial score (nSPS) is 13.2. The number of rotatable bonds is 7. The average Bonchev–Trinajstić information content (AvgIpc) is 2.68. The Labute approximate surface area is 169 Å². The van der Waals surface area contributed by atoms with Crippen molar-refractivity contribution in [1.82, 2.24) is 9.55 Å². The number of aryl methyl sites for hydroxylation is 2. The lowest BCUT2D eigenvalue weighted by molar-refractivity contribution is -0.113. The number of aromatic nitrogens is 2. The number of hydrogen-bond acceptors (Lipinski definition) is 5. The molecule has 1 aromatic carbocycles. The maximum absolute atomic E-state index is 12.5. The van der Waals surface area contributed by atoms with Gasteiger partial charge >= 0.3 is 5.69 Å². The van der Waals surface area contributed by atoms with E-state index in [4.69, 9.17) is 5.11 Å². The Bertz CT molecular complexity index is 924. The number of carbonyl (C=O) groups excluding carboxylic acids is 1. The van der Waals surface area contributed by atoms with Crippen LogP contribution in [-0.2, 0) is 24.2 Å². The molecule has 1 aliphatic carbocycles. The number of nitrogens with one attached hydrogen (secondary N) is 1. The topological polar surface area (TPSA) is 84.2 Å². The van der Waals surface area contributed by atoms with Gasteiger partial charge in [0, 0.05) is 30.1 Å². The molecule has 0 saturated carbocycles. The summed E-state index contributed by atoms with van der Waals surface area (Å²) < 4.78 is 1.70. The van der Waals surface area contributed by atoms with E-state index in [-0.39, 0.29) is 24.0 Å². The van der Waals surface area contributed by atoms with Crippen LogP contribution in [0.15, 0.2) is 28.0 Å². The van der Waals surface area contributed by atoms with Gasteiger partial charge in [-0.15, -0.1) is 0 Å². The summed E-state index contributed by atoms with van der Waals surface area (Å²) in [6.45, 7) is 4.53. The predicted octanol–water partition coefficient (Wildman–Crippen LogP) is 2.85. The molecule has 1 heterocycles. The summed E-state index contributed by atoms with van der Waals surface area (Å²) in [4.78, 5) is 29.2. The van der Waals surface area contributed by atoms with E-state index in [2.05, 4.69) is 10.3 Å². The summed E-state index contributed by atoms with van der Waals surface area (Å²) in [5.41, 5.74) is 4.82. The number of nitrogens with zero attached hydrogens (tertiary/aromatic N) is 2. The van der Waals surface area contributed by atoms with Crippen LogP contribution >= 0.6 is 11.8 Å². The van der Waals surface area contributed by atoms with Crippen molar-refractivity contribution in [2.45, 2.75) is 57.5 Å². The molecular weight excluding hydrogens is 374 g/mol. The third-order valence-corrected chi connectivity index (χ3v) is 6.00. The van der Waals surface area contributed by atoms with Crippen molar-refractivity contribution in [2.75, 3.05) is 17.7 Å². The number of aliphatic hydroxyl groups is 1. The summed E-state index contributed by atoms with van der Waals surface area (Å²) in [5.74, 6) is 0.111. The average molecular weight is 402 g/mol. The largest absolute Gasteiger partial charge is 0.396 e. The lowest BCUT2D eigenvalue weighted by Gasteiger charge is -2.22. The molecule has 0 saturated heterocycles. The van der Waals surface area contributed by atoms with Crippen LogP contribution in [-0.4, -0.2) is 32.9 Å². The third-order valence-electron chi connectivity index (χ3n) is 4.99. The lowest BCUT2D eigenvalue weighted by Crippen LogP contribution is -2.30. The van der Waals surface area contributed by atoms with Gasteiger partial charge in [0.15, 0.2) is 0 Å². The molecule has 0 unspecified atom stereocenters. The van der Waals surface area contributed by atoms with Crippen LogP contribution < -0.4 is 11.0 Å². The van der Waals surface area contributed by atoms with Crippen LogP contribution in [0.4, 0.5) is 5.69 Å². The molecule has 0 aliphatic heterocycles. The van der Waals surface area contributed by atoms with E-state index in [1.54, 1.807) is 4.57 Å². The van der Waals surface area contributed by atoms with Gasteiger partial charge in [-0.3, -0.25) is 9.36 Å². The Hall–Kier alpha value is -2.12. The fourth-order valence-electron chi connectivity index (χ4n) is 3.60. The van der Waals surface area contributed by atoms with Gasteiger partial charge in [-0.25, -0.2) is 4.79 Å². The van der Waals surface area contributed by atoms with E-state index in [0.717, 1.165) is 53.8 Å². The van der Waals surface area contributed by atoms with Gasteiger partial charge in [0.1, 0.15) is 5.03 Å². The van der Waals surface area contributed by atoms with Crippen molar-refractivity contribution in [3.8, 4) is 0 Å². The zero-order chi connectivity index (χ0) is 20.1.